The van der Waals surface area contributed by atoms with Gasteiger partial charge in [-0.3, -0.25) is 14.5 Å². The van der Waals surface area contributed by atoms with Crippen LogP contribution in [0.2, 0.25) is 0 Å². The van der Waals surface area contributed by atoms with Gasteiger partial charge in [0.2, 0.25) is 11.8 Å². The Balaban J connectivity index is 1.68. The summed E-state index contributed by atoms with van der Waals surface area (Å²) < 4.78 is 43.6. The number of nitrogens with zero attached hydrogens (tertiary/aromatic N) is 4. The Kier molecular flexibility index (Phi) is 7.29. The number of fused-ring (bicyclic) bond motifs is 1. The third kappa shape index (κ3) is 6.64. The lowest BCUT2D eigenvalue weighted by molar-refractivity contribution is -0.139. The van der Waals surface area contributed by atoms with Crippen LogP contribution >= 0.6 is 0 Å². The minimum absolute atomic E-state index is 0.0559. The van der Waals surface area contributed by atoms with Crippen molar-refractivity contribution in [2.24, 2.45) is 0 Å². The van der Waals surface area contributed by atoms with Crippen molar-refractivity contribution in [3.05, 3.63) is 47.5 Å². The molecule has 3 aromatic heterocycles. The number of pyridine rings is 2. The van der Waals surface area contributed by atoms with E-state index in [1.54, 1.807) is 43.1 Å². The first-order valence-electron chi connectivity index (χ1n) is 10.0. The number of ether oxygens (including phenoxy) is 1. The largest absolute Gasteiger partial charge is 0.477 e. The van der Waals surface area contributed by atoms with Crippen LogP contribution in [0.15, 0.2) is 30.7 Å². The summed E-state index contributed by atoms with van der Waals surface area (Å²) in [5.41, 5.74) is 2.66. The Hall–Kier alpha value is -3.21. The zero-order chi connectivity index (χ0) is 23.3. The minimum atomic E-state index is -4.28. The molecule has 1 atom stereocenters. The molecule has 3 heterocycles. The highest BCUT2D eigenvalue weighted by molar-refractivity contribution is 5.86. The Morgan fingerprint density at radius 3 is 2.81 bits per heavy atom. The Bertz CT molecular complexity index is 1080. The highest BCUT2D eigenvalue weighted by Crippen LogP contribution is 2.22. The summed E-state index contributed by atoms with van der Waals surface area (Å²) in [4.78, 5) is 20.5. The van der Waals surface area contributed by atoms with E-state index in [1.807, 2.05) is 0 Å². The molecule has 0 saturated carbocycles. The number of aliphatic hydroxyl groups is 1. The van der Waals surface area contributed by atoms with E-state index in [0.717, 1.165) is 10.9 Å². The summed E-state index contributed by atoms with van der Waals surface area (Å²) in [6, 6.07) is 3.52. The van der Waals surface area contributed by atoms with Gasteiger partial charge in [0.05, 0.1) is 43.3 Å². The summed E-state index contributed by atoms with van der Waals surface area (Å²) in [7, 11) is 0. The lowest BCUT2D eigenvalue weighted by Gasteiger charge is -2.11. The van der Waals surface area contributed by atoms with Gasteiger partial charge in [0, 0.05) is 36.1 Å². The zero-order valence-electron chi connectivity index (χ0n) is 17.7. The van der Waals surface area contributed by atoms with Gasteiger partial charge in [-0.05, 0) is 31.5 Å². The van der Waals surface area contributed by atoms with Crippen LogP contribution in [-0.2, 0) is 17.8 Å². The molecule has 1 amide bonds. The molecule has 0 saturated heterocycles. The van der Waals surface area contributed by atoms with Crippen LogP contribution in [0.3, 0.4) is 0 Å². The number of carbonyl (C=O) groups is 1. The van der Waals surface area contributed by atoms with Crippen LogP contribution < -0.4 is 10.1 Å². The summed E-state index contributed by atoms with van der Waals surface area (Å²) in [6.07, 6.45) is -1.00. The number of hydrogen-bond donors (Lipinski definition) is 2. The van der Waals surface area contributed by atoms with Crippen molar-refractivity contribution >= 4 is 16.8 Å². The predicted molar refractivity (Wildman–Crippen MR) is 110 cm³/mol. The molecular weight excluding hydrogens is 427 g/mol. The van der Waals surface area contributed by atoms with Crippen molar-refractivity contribution in [1.29, 1.82) is 0 Å². The molecular formula is C21H24F3N5O3. The highest BCUT2D eigenvalue weighted by Gasteiger charge is 2.27. The molecule has 0 bridgehead atoms. The molecule has 3 aromatic rings. The molecule has 0 fully saturated rings. The van der Waals surface area contributed by atoms with Crippen molar-refractivity contribution in [1.82, 2.24) is 25.1 Å². The van der Waals surface area contributed by atoms with E-state index in [0.29, 0.717) is 23.3 Å². The summed E-state index contributed by atoms with van der Waals surface area (Å²) >= 11 is 0. The Morgan fingerprint density at radius 1 is 1.34 bits per heavy atom. The van der Waals surface area contributed by atoms with Crippen LogP contribution in [0.5, 0.6) is 5.88 Å². The molecule has 32 heavy (non-hydrogen) atoms. The maximum atomic E-state index is 12.3. The van der Waals surface area contributed by atoms with Gasteiger partial charge in [-0.1, -0.05) is 0 Å². The second kappa shape index (κ2) is 9.94. The predicted octanol–water partition coefficient (Wildman–Crippen LogP) is 2.55. The molecule has 0 unspecified atom stereocenters. The van der Waals surface area contributed by atoms with Crippen molar-refractivity contribution < 1.29 is 27.8 Å². The SMILES string of the molecule is Cc1cc(Cn2cc3c(CC(=O)NC[C@H](C)O)nccc3n2)cnc1OCCC(F)(F)F. The number of halogens is 3. The number of nitrogens with one attached hydrogen (secondary N) is 1. The Morgan fingerprint density at radius 2 is 2.12 bits per heavy atom. The van der Waals surface area contributed by atoms with Gasteiger partial charge in [0.25, 0.3) is 0 Å². The molecule has 0 aromatic carbocycles. The van der Waals surface area contributed by atoms with E-state index < -0.39 is 25.3 Å². The van der Waals surface area contributed by atoms with Crippen LogP contribution in [0.1, 0.15) is 30.2 Å². The first-order chi connectivity index (χ1) is 15.1. The monoisotopic (exact) mass is 451 g/mol. The summed E-state index contributed by atoms with van der Waals surface area (Å²) in [5, 5.41) is 17.2. The lowest BCUT2D eigenvalue weighted by Crippen LogP contribution is -2.31. The number of aryl methyl sites for hydroxylation is 1. The molecule has 0 aliphatic carbocycles. The summed E-state index contributed by atoms with van der Waals surface area (Å²) in [5.74, 6) is -0.0853. The normalized spacial score (nSPS) is 12.7. The van der Waals surface area contributed by atoms with E-state index in [1.165, 1.54) is 6.20 Å². The number of aromatic nitrogens is 4. The van der Waals surface area contributed by atoms with Gasteiger partial charge in [-0.2, -0.15) is 18.3 Å². The van der Waals surface area contributed by atoms with E-state index in [4.69, 9.17) is 4.74 Å². The third-order valence-electron chi connectivity index (χ3n) is 4.54. The smallest absolute Gasteiger partial charge is 0.392 e. The van der Waals surface area contributed by atoms with Crippen molar-refractivity contribution in [2.45, 2.75) is 45.5 Å². The fourth-order valence-corrected chi connectivity index (χ4v) is 3.06. The van der Waals surface area contributed by atoms with Crippen LogP contribution in [-0.4, -0.2) is 56.2 Å². The molecule has 0 spiro atoms. The fraction of sp³-hybridized carbons (Fsp3) is 0.429. The molecule has 8 nitrogen and oxygen atoms in total. The average molecular weight is 451 g/mol. The van der Waals surface area contributed by atoms with Gasteiger partial charge in [-0.25, -0.2) is 4.98 Å². The number of aliphatic hydroxyl groups excluding tert-OH is 1. The molecule has 0 radical (unpaired) electrons. The van der Waals surface area contributed by atoms with Crippen molar-refractivity contribution in [3.63, 3.8) is 0 Å². The maximum Gasteiger partial charge on any atom is 0.392 e. The molecule has 3 rings (SSSR count). The van der Waals surface area contributed by atoms with E-state index >= 15 is 0 Å². The van der Waals surface area contributed by atoms with E-state index in [-0.39, 0.29) is 24.8 Å². The Labute approximate surface area is 182 Å². The van der Waals surface area contributed by atoms with Gasteiger partial charge in [0.15, 0.2) is 0 Å². The van der Waals surface area contributed by atoms with E-state index in [2.05, 4.69) is 20.4 Å². The fourth-order valence-electron chi connectivity index (χ4n) is 3.06. The van der Waals surface area contributed by atoms with Gasteiger partial charge in [-0.15, -0.1) is 0 Å². The number of rotatable bonds is 9. The van der Waals surface area contributed by atoms with Crippen molar-refractivity contribution in [3.8, 4) is 5.88 Å². The molecule has 2 N–H and O–H groups in total. The topological polar surface area (TPSA) is 102 Å². The highest BCUT2D eigenvalue weighted by atomic mass is 19.4. The number of amides is 1. The summed E-state index contributed by atoms with van der Waals surface area (Å²) in [6.45, 7) is 3.35. The van der Waals surface area contributed by atoms with Gasteiger partial charge < -0.3 is 15.2 Å². The van der Waals surface area contributed by atoms with Crippen LogP contribution in [0, 0.1) is 6.92 Å². The van der Waals surface area contributed by atoms with Gasteiger partial charge in [0.1, 0.15) is 0 Å². The van der Waals surface area contributed by atoms with Crippen LogP contribution in [0.4, 0.5) is 13.2 Å². The molecule has 0 aliphatic rings. The quantitative estimate of drug-likeness (QED) is 0.519. The van der Waals surface area contributed by atoms with Crippen molar-refractivity contribution in [2.75, 3.05) is 13.2 Å². The number of hydrogen-bond acceptors (Lipinski definition) is 6. The minimum Gasteiger partial charge on any atom is -0.477 e. The number of carbonyl (C=O) groups excluding carboxylic acids is 1. The molecule has 11 heteroatoms. The first kappa shape index (κ1) is 23.5. The van der Waals surface area contributed by atoms with Crippen LogP contribution in [0.25, 0.3) is 10.9 Å². The first-order valence-corrected chi connectivity index (χ1v) is 10.0. The number of alkyl halides is 3. The standard InChI is InChI=1S/C21H24F3N5O3/c1-13-7-15(10-27-20(13)32-6-4-21(22,23)24)11-29-12-16-17(28-29)3-5-25-18(16)8-19(31)26-9-14(2)30/h3,5,7,10,12,14,30H,4,6,8-9,11H2,1-2H3,(H,26,31)/t14-/m0/s1. The second-order valence-corrected chi connectivity index (χ2v) is 7.53. The second-order valence-electron chi connectivity index (χ2n) is 7.53. The lowest BCUT2D eigenvalue weighted by atomic mass is 10.2. The van der Waals surface area contributed by atoms with E-state index in [9.17, 15) is 23.1 Å². The average Bonchev–Trinajstić information content (AvgIpc) is 3.11. The molecule has 0 aliphatic heterocycles. The maximum absolute atomic E-state index is 12.3. The third-order valence-corrected chi connectivity index (χ3v) is 4.54. The molecule has 172 valence electrons. The van der Waals surface area contributed by atoms with Gasteiger partial charge >= 0.3 is 6.18 Å². The zero-order valence-corrected chi connectivity index (χ0v) is 17.7.